The van der Waals surface area contributed by atoms with Crippen molar-refractivity contribution in [1.82, 2.24) is 0 Å². The first-order valence-corrected chi connectivity index (χ1v) is 13.2. The van der Waals surface area contributed by atoms with Crippen LogP contribution in [0.2, 0.25) is 0 Å². The number of fused-ring (bicyclic) bond motifs is 1. The number of nitrogens with zero attached hydrogens (tertiary/aromatic N) is 1. The van der Waals surface area contributed by atoms with Crippen LogP contribution in [0, 0.1) is 11.7 Å². The Kier molecular flexibility index (Phi) is 7.69. The third kappa shape index (κ3) is 5.29. The summed E-state index contributed by atoms with van der Waals surface area (Å²) in [6, 6.07) is 11.2. The van der Waals surface area contributed by atoms with Crippen molar-refractivity contribution in [3.8, 4) is 0 Å². The monoisotopic (exact) mass is 465 g/mol. The van der Waals surface area contributed by atoms with E-state index in [1.807, 2.05) is 23.9 Å². The highest BCUT2D eigenvalue weighted by atomic mass is 32.2. The van der Waals surface area contributed by atoms with Crippen LogP contribution in [-0.2, 0) is 10.5 Å². The Morgan fingerprint density at radius 2 is 2.00 bits per heavy atom. The molecule has 1 atom stereocenters. The average molecular weight is 466 g/mol. The smallest absolute Gasteiger partial charge is 0.319 e. The fraction of sp³-hybridized carbons (Fsp3) is 0.435. The Bertz CT molecular complexity index is 902. The molecule has 0 spiro atoms. The first kappa shape index (κ1) is 23.4. The molecule has 3 nitrogen and oxygen atoms in total. The van der Waals surface area contributed by atoms with Crippen molar-refractivity contribution in [3.05, 3.63) is 47.8 Å². The lowest BCUT2D eigenvalue weighted by molar-refractivity contribution is -0.138. The molecule has 7 heteroatoms. The summed E-state index contributed by atoms with van der Waals surface area (Å²) in [7, 11) is 0. The van der Waals surface area contributed by atoms with Crippen LogP contribution in [0.25, 0.3) is 0 Å². The van der Waals surface area contributed by atoms with E-state index in [0.717, 1.165) is 35.0 Å². The molecule has 0 saturated carbocycles. The second-order valence-electron chi connectivity index (χ2n) is 7.91. The lowest BCUT2D eigenvalue weighted by Crippen LogP contribution is -2.27. The Labute approximate surface area is 191 Å². The summed E-state index contributed by atoms with van der Waals surface area (Å²) in [4.78, 5) is 16.2. The van der Waals surface area contributed by atoms with Crippen molar-refractivity contribution in [2.75, 3.05) is 23.5 Å². The third-order valence-electron chi connectivity index (χ3n) is 5.39. The molecule has 0 saturated heterocycles. The normalized spacial score (nSPS) is 16.8. The first-order valence-electron chi connectivity index (χ1n) is 9.99. The molecule has 1 aliphatic rings. The summed E-state index contributed by atoms with van der Waals surface area (Å²) in [5.74, 6) is 1.20. The highest BCUT2D eigenvalue weighted by Gasteiger charge is 2.29. The van der Waals surface area contributed by atoms with Crippen molar-refractivity contribution in [1.29, 1.82) is 0 Å². The molecule has 0 amide bonds. The van der Waals surface area contributed by atoms with Gasteiger partial charge < -0.3 is 10.0 Å². The van der Waals surface area contributed by atoms with E-state index in [1.165, 1.54) is 34.4 Å². The first-order chi connectivity index (χ1) is 14.2. The van der Waals surface area contributed by atoms with E-state index in [9.17, 15) is 14.3 Å². The molecule has 2 aromatic rings. The maximum atomic E-state index is 13.5. The van der Waals surface area contributed by atoms with Gasteiger partial charge >= 0.3 is 5.97 Å². The van der Waals surface area contributed by atoms with Gasteiger partial charge in [-0.3, -0.25) is 4.79 Å². The summed E-state index contributed by atoms with van der Waals surface area (Å²) in [5.41, 5.74) is 3.32. The summed E-state index contributed by atoms with van der Waals surface area (Å²) < 4.78 is 12.7. The molecule has 2 aromatic carbocycles. The number of hydrogen-bond acceptors (Lipinski definition) is 5. The van der Waals surface area contributed by atoms with Crippen molar-refractivity contribution < 1.29 is 14.3 Å². The molecule has 1 aliphatic heterocycles. The number of anilines is 2. The van der Waals surface area contributed by atoms with Crippen LogP contribution >= 0.6 is 35.3 Å². The van der Waals surface area contributed by atoms with Gasteiger partial charge in [-0.15, -0.1) is 35.3 Å². The quantitative estimate of drug-likeness (QED) is 0.448. The van der Waals surface area contributed by atoms with Gasteiger partial charge in [0.15, 0.2) is 0 Å². The molecule has 3 rings (SSSR count). The van der Waals surface area contributed by atoms with Gasteiger partial charge in [0.2, 0.25) is 0 Å². The maximum Gasteiger partial charge on any atom is 0.319 e. The molecule has 0 aliphatic carbocycles. The largest absolute Gasteiger partial charge is 0.480 e. The summed E-state index contributed by atoms with van der Waals surface area (Å²) >= 11 is 5.00. The summed E-state index contributed by atoms with van der Waals surface area (Å²) in [6.07, 6.45) is 3.14. The highest BCUT2D eigenvalue weighted by Crippen LogP contribution is 2.44. The number of carboxylic acids is 1. The lowest BCUT2D eigenvalue weighted by atomic mass is 10.1. The van der Waals surface area contributed by atoms with Gasteiger partial charge in [-0.2, -0.15) is 0 Å². The van der Waals surface area contributed by atoms with E-state index in [-0.39, 0.29) is 5.82 Å². The topological polar surface area (TPSA) is 40.5 Å². The zero-order chi connectivity index (χ0) is 21.9. The SMILES string of the molecule is CCC1CSc2cc(CSC(C)(C)C(=O)O)c(SC)cc2N(c2ccc(F)cc2)C1. The number of aliphatic carboxylic acids is 1. The third-order valence-corrected chi connectivity index (χ3v) is 8.83. The molecule has 0 bridgehead atoms. The van der Waals surface area contributed by atoms with Crippen LogP contribution in [-0.4, -0.2) is 34.4 Å². The fourth-order valence-corrected chi connectivity index (χ4v) is 6.16. The van der Waals surface area contributed by atoms with Crippen molar-refractivity contribution in [2.45, 2.75) is 47.5 Å². The maximum absolute atomic E-state index is 13.5. The van der Waals surface area contributed by atoms with Gasteiger partial charge in [0.25, 0.3) is 0 Å². The van der Waals surface area contributed by atoms with Crippen molar-refractivity contribution in [2.24, 2.45) is 5.92 Å². The summed E-state index contributed by atoms with van der Waals surface area (Å²) in [6.45, 7) is 6.61. The second kappa shape index (κ2) is 9.88. The van der Waals surface area contributed by atoms with Gasteiger partial charge in [-0.25, -0.2) is 4.39 Å². The lowest BCUT2D eigenvalue weighted by Gasteiger charge is -2.28. The number of benzene rings is 2. The summed E-state index contributed by atoms with van der Waals surface area (Å²) in [5, 5.41) is 9.45. The molecule has 1 heterocycles. The van der Waals surface area contributed by atoms with Gasteiger partial charge in [0.05, 0.1) is 5.69 Å². The van der Waals surface area contributed by atoms with E-state index in [1.54, 1.807) is 25.6 Å². The zero-order valence-electron chi connectivity index (χ0n) is 17.8. The number of halogens is 1. The van der Waals surface area contributed by atoms with E-state index >= 15 is 0 Å². The molecule has 0 aromatic heterocycles. The minimum atomic E-state index is -0.830. The van der Waals surface area contributed by atoms with Crippen LogP contribution < -0.4 is 4.90 Å². The number of hydrogen-bond donors (Lipinski definition) is 1. The van der Waals surface area contributed by atoms with Crippen LogP contribution in [0.15, 0.2) is 46.2 Å². The Balaban J connectivity index is 2.00. The van der Waals surface area contributed by atoms with E-state index in [2.05, 4.69) is 30.2 Å². The number of rotatable bonds is 7. The molecular weight excluding hydrogens is 437 g/mol. The standard InChI is InChI=1S/C23H28FNO2S3/c1-5-15-12-25(18-8-6-17(24)7-9-18)19-11-20(28-4)16(10-21(19)29-13-15)14-30-23(2,3)22(26)27/h6-11,15H,5,12-14H2,1-4H3,(H,26,27). The number of thioether (sulfide) groups is 3. The van der Waals surface area contributed by atoms with Crippen LogP contribution in [0.1, 0.15) is 32.8 Å². The van der Waals surface area contributed by atoms with Crippen molar-refractivity contribution in [3.63, 3.8) is 0 Å². The Hall–Kier alpha value is -1.31. The van der Waals surface area contributed by atoms with Gasteiger partial charge in [0, 0.05) is 33.5 Å². The second-order valence-corrected chi connectivity index (χ2v) is 11.4. The van der Waals surface area contributed by atoms with Gasteiger partial charge in [0.1, 0.15) is 10.6 Å². The molecule has 162 valence electrons. The predicted molar refractivity (Wildman–Crippen MR) is 129 cm³/mol. The van der Waals surface area contributed by atoms with Crippen molar-refractivity contribution >= 4 is 52.6 Å². The van der Waals surface area contributed by atoms with Gasteiger partial charge in [-0.05, 0) is 68.0 Å². The average Bonchev–Trinajstić information content (AvgIpc) is 2.91. The predicted octanol–water partition coefficient (Wildman–Crippen LogP) is 6.91. The zero-order valence-corrected chi connectivity index (χ0v) is 20.2. The molecule has 1 N–H and O–H groups in total. The van der Waals surface area contributed by atoms with E-state index in [4.69, 9.17) is 0 Å². The highest BCUT2D eigenvalue weighted by molar-refractivity contribution is 8.01. The van der Waals surface area contributed by atoms with E-state index in [0.29, 0.717) is 11.7 Å². The molecule has 1 unspecified atom stereocenters. The Morgan fingerprint density at radius 3 is 2.60 bits per heavy atom. The van der Waals surface area contributed by atoms with E-state index < -0.39 is 10.7 Å². The molecular formula is C23H28FNO2S3. The van der Waals surface area contributed by atoms with Crippen LogP contribution in [0.3, 0.4) is 0 Å². The molecule has 0 radical (unpaired) electrons. The van der Waals surface area contributed by atoms with Gasteiger partial charge in [-0.1, -0.05) is 13.3 Å². The van der Waals surface area contributed by atoms with Crippen LogP contribution in [0.4, 0.5) is 15.8 Å². The number of carboxylic acid groups (broad SMARTS) is 1. The van der Waals surface area contributed by atoms with Crippen LogP contribution in [0.5, 0.6) is 0 Å². The Morgan fingerprint density at radius 1 is 1.30 bits per heavy atom. The number of carbonyl (C=O) groups is 1. The minimum Gasteiger partial charge on any atom is -0.480 e. The fourth-order valence-electron chi connectivity index (χ4n) is 3.27. The minimum absolute atomic E-state index is 0.228. The molecule has 0 fully saturated rings. The molecule has 30 heavy (non-hydrogen) atoms.